The highest BCUT2D eigenvalue weighted by atomic mass is 32.1. The highest BCUT2D eigenvalue weighted by Crippen LogP contribution is 2.29. The number of nitrogens with one attached hydrogen (secondary N) is 1. The number of fused-ring (bicyclic) bond motifs is 2. The van der Waals surface area contributed by atoms with Gasteiger partial charge in [0, 0.05) is 44.2 Å². The highest BCUT2D eigenvalue weighted by molar-refractivity contribution is 7.18. The number of amides is 1. The monoisotopic (exact) mass is 392 g/mol. The molecule has 1 amide bonds. The number of H-pyrrole nitrogens is 1. The lowest BCUT2D eigenvalue weighted by molar-refractivity contribution is -0.132. The number of aromatic amines is 1. The predicted molar refractivity (Wildman–Crippen MR) is 108 cm³/mol. The van der Waals surface area contributed by atoms with Crippen LogP contribution in [0.15, 0.2) is 36.7 Å². The first-order chi connectivity index (χ1) is 13.8. The number of hydrogen-bond donors (Lipinski definition) is 1. The number of carbonyl (C=O) groups excluding carboxylic acids is 1. The molecule has 0 unspecified atom stereocenters. The number of piperidine rings is 1. The van der Waals surface area contributed by atoms with E-state index < -0.39 is 0 Å². The SMILES string of the molecule is O=C(CCc1nc2ccccc2s1)N1CCC[C@H](c2[nH]nc3nccnc23)C1. The number of rotatable bonds is 4. The summed E-state index contributed by atoms with van der Waals surface area (Å²) in [6.07, 6.45) is 6.53. The van der Waals surface area contributed by atoms with E-state index >= 15 is 0 Å². The number of aromatic nitrogens is 5. The average molecular weight is 392 g/mol. The second-order valence-corrected chi connectivity index (χ2v) is 8.24. The topological polar surface area (TPSA) is 87.7 Å². The van der Waals surface area contributed by atoms with Gasteiger partial charge in [-0.05, 0) is 25.0 Å². The van der Waals surface area contributed by atoms with Gasteiger partial charge in [-0.1, -0.05) is 12.1 Å². The van der Waals surface area contributed by atoms with Gasteiger partial charge in [-0.3, -0.25) is 9.89 Å². The van der Waals surface area contributed by atoms with E-state index in [1.165, 1.54) is 4.70 Å². The fourth-order valence-electron chi connectivity index (χ4n) is 3.89. The van der Waals surface area contributed by atoms with E-state index in [0.717, 1.165) is 41.1 Å². The minimum Gasteiger partial charge on any atom is -0.342 e. The summed E-state index contributed by atoms with van der Waals surface area (Å²) in [4.78, 5) is 28.1. The Bertz CT molecular complexity index is 1100. The molecule has 0 spiro atoms. The second-order valence-electron chi connectivity index (χ2n) is 7.12. The summed E-state index contributed by atoms with van der Waals surface area (Å²) >= 11 is 1.68. The van der Waals surface area contributed by atoms with Crippen molar-refractivity contribution in [2.24, 2.45) is 0 Å². The van der Waals surface area contributed by atoms with Gasteiger partial charge in [0.25, 0.3) is 0 Å². The first-order valence-corrected chi connectivity index (χ1v) is 10.4. The Balaban J connectivity index is 1.26. The summed E-state index contributed by atoms with van der Waals surface area (Å²) in [5.74, 6) is 0.417. The second kappa shape index (κ2) is 7.27. The lowest BCUT2D eigenvalue weighted by Crippen LogP contribution is -2.39. The van der Waals surface area contributed by atoms with Crippen LogP contribution < -0.4 is 0 Å². The molecule has 1 atom stereocenters. The van der Waals surface area contributed by atoms with Crippen LogP contribution in [0.5, 0.6) is 0 Å². The van der Waals surface area contributed by atoms with Crippen molar-refractivity contribution in [2.75, 3.05) is 13.1 Å². The zero-order valence-electron chi connectivity index (χ0n) is 15.3. The average Bonchev–Trinajstić information content (AvgIpc) is 3.36. The van der Waals surface area contributed by atoms with Crippen LogP contribution in [0, 0.1) is 0 Å². The van der Waals surface area contributed by atoms with Gasteiger partial charge in [0.2, 0.25) is 5.91 Å². The maximum absolute atomic E-state index is 12.8. The molecule has 4 aromatic rings. The minimum absolute atomic E-state index is 0.193. The lowest BCUT2D eigenvalue weighted by Gasteiger charge is -2.32. The van der Waals surface area contributed by atoms with Gasteiger partial charge in [0.1, 0.15) is 5.52 Å². The number of para-hydroxylation sites is 1. The van der Waals surface area contributed by atoms with Gasteiger partial charge < -0.3 is 4.90 Å². The normalized spacial score (nSPS) is 17.4. The predicted octanol–water partition coefficient (Wildman–Crippen LogP) is 3.30. The van der Waals surface area contributed by atoms with Crippen molar-refractivity contribution in [3.8, 4) is 0 Å². The number of carbonyl (C=O) groups is 1. The Hall–Kier alpha value is -2.87. The highest BCUT2D eigenvalue weighted by Gasteiger charge is 2.27. The van der Waals surface area contributed by atoms with E-state index in [2.05, 4.69) is 31.2 Å². The Morgan fingerprint density at radius 2 is 2.14 bits per heavy atom. The quantitative estimate of drug-likeness (QED) is 0.576. The Labute approximate surface area is 165 Å². The molecule has 7 nitrogen and oxygen atoms in total. The van der Waals surface area contributed by atoms with Crippen molar-refractivity contribution in [3.63, 3.8) is 0 Å². The first kappa shape index (κ1) is 17.2. The van der Waals surface area contributed by atoms with Gasteiger partial charge in [0.05, 0.1) is 20.9 Å². The van der Waals surface area contributed by atoms with E-state index in [9.17, 15) is 4.79 Å². The van der Waals surface area contributed by atoms with Crippen molar-refractivity contribution in [2.45, 2.75) is 31.6 Å². The lowest BCUT2D eigenvalue weighted by atomic mass is 9.94. The minimum atomic E-state index is 0.193. The van der Waals surface area contributed by atoms with E-state index in [1.807, 2.05) is 23.1 Å². The first-order valence-electron chi connectivity index (χ1n) is 9.55. The summed E-state index contributed by atoms with van der Waals surface area (Å²) in [5, 5.41) is 8.37. The molecule has 1 N–H and O–H groups in total. The number of nitrogens with zero attached hydrogens (tertiary/aromatic N) is 5. The summed E-state index contributed by atoms with van der Waals surface area (Å²) < 4.78 is 1.18. The molecular formula is C20H20N6OS. The molecule has 0 bridgehead atoms. The molecule has 1 aliphatic rings. The Morgan fingerprint density at radius 3 is 3.07 bits per heavy atom. The number of benzene rings is 1. The zero-order valence-corrected chi connectivity index (χ0v) is 16.2. The van der Waals surface area contributed by atoms with Crippen LogP contribution in [-0.4, -0.2) is 49.0 Å². The van der Waals surface area contributed by atoms with Crippen molar-refractivity contribution < 1.29 is 4.79 Å². The van der Waals surface area contributed by atoms with Crippen LogP contribution in [0.3, 0.4) is 0 Å². The molecule has 1 saturated heterocycles. The van der Waals surface area contributed by atoms with Crippen molar-refractivity contribution >= 4 is 38.6 Å². The van der Waals surface area contributed by atoms with Crippen LogP contribution in [0.4, 0.5) is 0 Å². The largest absolute Gasteiger partial charge is 0.342 e. The maximum Gasteiger partial charge on any atom is 0.223 e. The van der Waals surface area contributed by atoms with E-state index in [-0.39, 0.29) is 11.8 Å². The van der Waals surface area contributed by atoms with Crippen LogP contribution in [0.25, 0.3) is 21.4 Å². The molecule has 142 valence electrons. The van der Waals surface area contributed by atoms with Crippen LogP contribution in [0.2, 0.25) is 0 Å². The van der Waals surface area contributed by atoms with Crippen LogP contribution in [-0.2, 0) is 11.2 Å². The molecule has 1 aromatic carbocycles. The van der Waals surface area contributed by atoms with Crippen molar-refractivity contribution in [1.29, 1.82) is 0 Å². The summed E-state index contributed by atoms with van der Waals surface area (Å²) in [6.45, 7) is 1.51. The van der Waals surface area contributed by atoms with Gasteiger partial charge in [0.15, 0.2) is 5.65 Å². The Morgan fingerprint density at radius 1 is 1.25 bits per heavy atom. The molecule has 5 rings (SSSR count). The number of hydrogen-bond acceptors (Lipinski definition) is 6. The van der Waals surface area contributed by atoms with E-state index in [1.54, 1.807) is 23.7 Å². The molecule has 0 aliphatic carbocycles. The number of aryl methyl sites for hydroxylation is 1. The fourth-order valence-corrected chi connectivity index (χ4v) is 4.86. The van der Waals surface area contributed by atoms with Crippen molar-refractivity contribution in [3.05, 3.63) is 47.4 Å². The maximum atomic E-state index is 12.8. The zero-order chi connectivity index (χ0) is 18.9. The third kappa shape index (κ3) is 3.24. The van der Waals surface area contributed by atoms with Gasteiger partial charge in [-0.2, -0.15) is 5.10 Å². The van der Waals surface area contributed by atoms with Crippen LogP contribution in [0.1, 0.15) is 35.9 Å². The summed E-state index contributed by atoms with van der Waals surface area (Å²) in [5.41, 5.74) is 3.46. The summed E-state index contributed by atoms with van der Waals surface area (Å²) in [7, 11) is 0. The van der Waals surface area contributed by atoms with Crippen molar-refractivity contribution in [1.82, 2.24) is 30.0 Å². The third-order valence-corrected chi connectivity index (χ3v) is 6.39. The molecule has 4 heterocycles. The fraction of sp³-hybridized carbons (Fsp3) is 0.350. The van der Waals surface area contributed by atoms with E-state index in [0.29, 0.717) is 25.0 Å². The van der Waals surface area contributed by atoms with E-state index in [4.69, 9.17) is 0 Å². The number of likely N-dealkylation sites (tertiary alicyclic amines) is 1. The molecular weight excluding hydrogens is 372 g/mol. The molecule has 0 saturated carbocycles. The molecule has 1 aliphatic heterocycles. The molecule has 0 radical (unpaired) electrons. The van der Waals surface area contributed by atoms with Gasteiger partial charge >= 0.3 is 0 Å². The Kier molecular flexibility index (Phi) is 4.48. The van der Waals surface area contributed by atoms with Crippen LogP contribution >= 0.6 is 11.3 Å². The standard InChI is InChI=1S/C20H20N6OS/c27-17(8-7-16-23-14-5-1-2-6-15(14)28-16)26-11-3-4-13(12-26)18-19-20(25-24-18)22-10-9-21-19/h1-2,5-6,9-10,13H,3-4,7-8,11-12H2,(H,22,24,25)/t13-/m0/s1. The molecule has 8 heteroatoms. The third-order valence-electron chi connectivity index (χ3n) is 5.29. The van der Waals surface area contributed by atoms with Gasteiger partial charge in [-0.25, -0.2) is 15.0 Å². The molecule has 1 fully saturated rings. The molecule has 3 aromatic heterocycles. The number of thiazole rings is 1. The molecule has 28 heavy (non-hydrogen) atoms. The van der Waals surface area contributed by atoms with Gasteiger partial charge in [-0.15, -0.1) is 11.3 Å². The summed E-state index contributed by atoms with van der Waals surface area (Å²) in [6, 6.07) is 8.11. The smallest absolute Gasteiger partial charge is 0.223 e.